The standard InChI is InChI=1S/C11H13BrF3N3/c12-7-4-9(11(13,14)15)10(17-5-7)18-6-8-2-1-3-16-8/h4-5,8,16H,1-3,6H2,(H,17,18). The van der Waals surface area contributed by atoms with Crippen LogP contribution in [0.15, 0.2) is 16.7 Å². The highest BCUT2D eigenvalue weighted by atomic mass is 79.9. The highest BCUT2D eigenvalue weighted by molar-refractivity contribution is 9.10. The average Bonchev–Trinajstić information content (AvgIpc) is 2.79. The van der Waals surface area contributed by atoms with Crippen molar-refractivity contribution in [1.82, 2.24) is 10.3 Å². The zero-order valence-corrected chi connectivity index (χ0v) is 11.1. The van der Waals surface area contributed by atoms with E-state index in [0.29, 0.717) is 11.0 Å². The van der Waals surface area contributed by atoms with Crippen LogP contribution in [0.25, 0.3) is 0 Å². The third kappa shape index (κ3) is 3.35. The summed E-state index contributed by atoms with van der Waals surface area (Å²) < 4.78 is 38.8. The predicted molar refractivity (Wildman–Crippen MR) is 66.5 cm³/mol. The molecule has 7 heteroatoms. The zero-order valence-electron chi connectivity index (χ0n) is 9.52. The minimum absolute atomic E-state index is 0.112. The smallest absolute Gasteiger partial charge is 0.368 e. The van der Waals surface area contributed by atoms with E-state index < -0.39 is 11.7 Å². The molecular formula is C11H13BrF3N3. The van der Waals surface area contributed by atoms with Crippen molar-refractivity contribution in [2.45, 2.75) is 25.1 Å². The number of aromatic nitrogens is 1. The molecule has 1 fully saturated rings. The van der Waals surface area contributed by atoms with Crippen molar-refractivity contribution in [3.05, 3.63) is 22.3 Å². The Bertz CT molecular complexity index is 416. The van der Waals surface area contributed by atoms with E-state index in [1.54, 1.807) is 0 Å². The molecule has 18 heavy (non-hydrogen) atoms. The zero-order chi connectivity index (χ0) is 13.2. The first-order chi connectivity index (χ1) is 8.47. The van der Waals surface area contributed by atoms with Crippen LogP contribution < -0.4 is 10.6 Å². The highest BCUT2D eigenvalue weighted by Crippen LogP contribution is 2.35. The topological polar surface area (TPSA) is 37.0 Å². The fourth-order valence-electron chi connectivity index (χ4n) is 1.95. The van der Waals surface area contributed by atoms with Gasteiger partial charge in [-0.05, 0) is 41.4 Å². The maximum atomic E-state index is 12.8. The summed E-state index contributed by atoms with van der Waals surface area (Å²) in [6.07, 6.45) is -1.00. The van der Waals surface area contributed by atoms with E-state index in [0.717, 1.165) is 25.5 Å². The van der Waals surface area contributed by atoms with Gasteiger partial charge in [0.25, 0.3) is 0 Å². The second-order valence-electron chi connectivity index (χ2n) is 4.22. The lowest BCUT2D eigenvalue weighted by Gasteiger charge is -2.16. The second-order valence-corrected chi connectivity index (χ2v) is 5.14. The van der Waals surface area contributed by atoms with E-state index in [-0.39, 0.29) is 11.9 Å². The maximum absolute atomic E-state index is 12.8. The lowest BCUT2D eigenvalue weighted by Crippen LogP contribution is -2.30. The van der Waals surface area contributed by atoms with Gasteiger partial charge in [-0.2, -0.15) is 13.2 Å². The van der Waals surface area contributed by atoms with Crippen LogP contribution >= 0.6 is 15.9 Å². The molecular weight excluding hydrogens is 311 g/mol. The van der Waals surface area contributed by atoms with Gasteiger partial charge in [0, 0.05) is 23.3 Å². The van der Waals surface area contributed by atoms with Gasteiger partial charge in [0.1, 0.15) is 5.82 Å². The molecule has 0 amide bonds. The molecule has 2 rings (SSSR count). The first-order valence-electron chi connectivity index (χ1n) is 5.67. The SMILES string of the molecule is FC(F)(F)c1cc(Br)cnc1NCC1CCCN1. The molecule has 1 aliphatic heterocycles. The van der Waals surface area contributed by atoms with Gasteiger partial charge < -0.3 is 10.6 Å². The minimum atomic E-state index is -4.40. The predicted octanol–water partition coefficient (Wildman–Crippen LogP) is 3.03. The molecule has 1 unspecified atom stereocenters. The van der Waals surface area contributed by atoms with Crippen molar-refractivity contribution in [2.24, 2.45) is 0 Å². The largest absolute Gasteiger partial charge is 0.419 e. The molecule has 100 valence electrons. The molecule has 1 aromatic rings. The second kappa shape index (κ2) is 5.44. The summed E-state index contributed by atoms with van der Waals surface area (Å²) in [4.78, 5) is 3.80. The molecule has 0 spiro atoms. The van der Waals surface area contributed by atoms with Gasteiger partial charge in [-0.3, -0.25) is 0 Å². The van der Waals surface area contributed by atoms with Gasteiger partial charge in [0.15, 0.2) is 0 Å². The van der Waals surface area contributed by atoms with Crippen molar-refractivity contribution in [2.75, 3.05) is 18.4 Å². The third-order valence-electron chi connectivity index (χ3n) is 2.84. The molecule has 1 saturated heterocycles. The van der Waals surface area contributed by atoms with E-state index >= 15 is 0 Å². The number of alkyl halides is 3. The summed E-state index contributed by atoms with van der Waals surface area (Å²) in [6, 6.07) is 1.26. The minimum Gasteiger partial charge on any atom is -0.368 e. The van der Waals surface area contributed by atoms with E-state index in [1.807, 2.05) is 0 Å². The molecule has 3 nitrogen and oxygen atoms in total. The number of halogens is 4. The van der Waals surface area contributed by atoms with Crippen molar-refractivity contribution in [3.8, 4) is 0 Å². The molecule has 0 bridgehead atoms. The Morgan fingerprint density at radius 3 is 2.89 bits per heavy atom. The number of rotatable bonds is 3. The van der Waals surface area contributed by atoms with Crippen LogP contribution in [0, 0.1) is 0 Å². The average molecular weight is 324 g/mol. The lowest BCUT2D eigenvalue weighted by molar-refractivity contribution is -0.137. The quantitative estimate of drug-likeness (QED) is 0.897. The first kappa shape index (κ1) is 13.6. The van der Waals surface area contributed by atoms with E-state index in [1.165, 1.54) is 6.20 Å². The Morgan fingerprint density at radius 2 is 2.28 bits per heavy atom. The van der Waals surface area contributed by atoms with Gasteiger partial charge in [-0.15, -0.1) is 0 Å². The molecule has 1 atom stereocenters. The van der Waals surface area contributed by atoms with Gasteiger partial charge >= 0.3 is 6.18 Å². The Labute approximate surface area is 111 Å². The van der Waals surface area contributed by atoms with Crippen molar-refractivity contribution >= 4 is 21.7 Å². The summed E-state index contributed by atoms with van der Waals surface area (Å²) >= 11 is 3.00. The van der Waals surface area contributed by atoms with Gasteiger partial charge in [0.2, 0.25) is 0 Å². The van der Waals surface area contributed by atoms with E-state index in [9.17, 15) is 13.2 Å². The number of pyridine rings is 1. The van der Waals surface area contributed by atoms with Crippen molar-refractivity contribution in [1.29, 1.82) is 0 Å². The van der Waals surface area contributed by atoms with Crippen LogP contribution in [-0.4, -0.2) is 24.1 Å². The van der Waals surface area contributed by atoms with E-state index in [2.05, 4.69) is 31.5 Å². The fourth-order valence-corrected chi connectivity index (χ4v) is 2.28. The summed E-state index contributed by atoms with van der Waals surface area (Å²) in [5.74, 6) is -0.112. The number of nitrogens with one attached hydrogen (secondary N) is 2. The van der Waals surface area contributed by atoms with Crippen LogP contribution in [-0.2, 0) is 6.18 Å². The Hall–Kier alpha value is -0.820. The molecule has 0 aliphatic carbocycles. The molecule has 2 heterocycles. The van der Waals surface area contributed by atoms with Crippen molar-refractivity contribution in [3.63, 3.8) is 0 Å². The monoisotopic (exact) mass is 323 g/mol. The molecule has 1 aromatic heterocycles. The summed E-state index contributed by atoms with van der Waals surface area (Å²) in [5, 5.41) is 5.99. The molecule has 0 aromatic carbocycles. The molecule has 0 saturated carbocycles. The van der Waals surface area contributed by atoms with Crippen LogP contribution in [0.3, 0.4) is 0 Å². The Kier molecular flexibility index (Phi) is 4.11. The van der Waals surface area contributed by atoms with Crippen molar-refractivity contribution < 1.29 is 13.2 Å². The number of hydrogen-bond acceptors (Lipinski definition) is 3. The molecule has 1 aliphatic rings. The number of nitrogens with zero attached hydrogens (tertiary/aromatic N) is 1. The van der Waals surface area contributed by atoms with Crippen LogP contribution in [0.4, 0.5) is 19.0 Å². The Balaban J connectivity index is 2.11. The summed E-state index contributed by atoms with van der Waals surface area (Å²) in [6.45, 7) is 1.38. The maximum Gasteiger partial charge on any atom is 0.419 e. The van der Waals surface area contributed by atoms with Crippen LogP contribution in [0.1, 0.15) is 18.4 Å². The number of hydrogen-bond donors (Lipinski definition) is 2. The molecule has 0 radical (unpaired) electrons. The van der Waals surface area contributed by atoms with Crippen LogP contribution in [0.2, 0.25) is 0 Å². The summed E-state index contributed by atoms with van der Waals surface area (Å²) in [5.41, 5.74) is -0.741. The van der Waals surface area contributed by atoms with Gasteiger partial charge in [0.05, 0.1) is 5.56 Å². The highest BCUT2D eigenvalue weighted by Gasteiger charge is 2.34. The Morgan fingerprint density at radius 1 is 1.50 bits per heavy atom. The van der Waals surface area contributed by atoms with Crippen LogP contribution in [0.5, 0.6) is 0 Å². The van der Waals surface area contributed by atoms with Gasteiger partial charge in [-0.1, -0.05) is 0 Å². The lowest BCUT2D eigenvalue weighted by atomic mass is 10.2. The normalized spacial score (nSPS) is 20.1. The third-order valence-corrected chi connectivity index (χ3v) is 3.27. The fraction of sp³-hybridized carbons (Fsp3) is 0.545. The number of anilines is 1. The van der Waals surface area contributed by atoms with Gasteiger partial charge in [-0.25, -0.2) is 4.98 Å². The summed E-state index contributed by atoms with van der Waals surface area (Å²) in [7, 11) is 0. The first-order valence-corrected chi connectivity index (χ1v) is 6.46. The van der Waals surface area contributed by atoms with E-state index in [4.69, 9.17) is 0 Å². The molecule has 2 N–H and O–H groups in total.